The molecule has 0 aliphatic rings. The molecule has 0 aromatic heterocycles. The highest BCUT2D eigenvalue weighted by atomic mass is 79.9. The Morgan fingerprint density at radius 1 is 1.22 bits per heavy atom. The molecule has 0 fully saturated rings. The molecular weight excluding hydrogens is 325 g/mol. The fourth-order valence-electron chi connectivity index (χ4n) is 0.938. The van der Waals surface area contributed by atoms with E-state index in [0.29, 0.717) is 0 Å². The number of hydrogen-bond donors (Lipinski definition) is 0. The van der Waals surface area contributed by atoms with Gasteiger partial charge in [-0.15, -0.1) is 0 Å². The van der Waals surface area contributed by atoms with Crippen molar-refractivity contribution in [2.45, 2.75) is 12.1 Å². The van der Waals surface area contributed by atoms with E-state index in [9.17, 15) is 22.0 Å². The zero-order chi connectivity index (χ0) is 14.0. The number of ether oxygens (including phenoxy) is 1. The van der Waals surface area contributed by atoms with Crippen LogP contribution in [0.2, 0.25) is 0 Å². The van der Waals surface area contributed by atoms with E-state index in [2.05, 4.69) is 20.7 Å². The van der Waals surface area contributed by atoms with Crippen LogP contribution in [0.25, 0.3) is 0 Å². The van der Waals surface area contributed by atoms with Crippen LogP contribution in [0, 0.1) is 11.3 Å². The molecule has 0 aliphatic carbocycles. The van der Waals surface area contributed by atoms with Crippen molar-refractivity contribution in [3.63, 3.8) is 0 Å². The maximum atomic E-state index is 12.6. The van der Waals surface area contributed by atoms with Crippen molar-refractivity contribution < 1.29 is 26.7 Å². The third-order valence-electron chi connectivity index (χ3n) is 1.88. The predicted octanol–water partition coefficient (Wildman–Crippen LogP) is 3.90. The zero-order valence-electron chi connectivity index (χ0n) is 8.56. The Bertz CT molecular complexity index is 480. The minimum Gasteiger partial charge on any atom is -0.486 e. The van der Waals surface area contributed by atoms with Crippen LogP contribution < -0.4 is 4.74 Å². The lowest BCUT2D eigenvalue weighted by molar-refractivity contribution is -0.290. The first-order valence-corrected chi connectivity index (χ1v) is 5.23. The molecule has 18 heavy (non-hydrogen) atoms. The van der Waals surface area contributed by atoms with Gasteiger partial charge in [0.05, 0.1) is 16.1 Å². The fourth-order valence-corrected chi connectivity index (χ4v) is 1.43. The molecule has 8 heteroatoms. The van der Waals surface area contributed by atoms with Gasteiger partial charge in [-0.3, -0.25) is 0 Å². The number of halogens is 6. The van der Waals surface area contributed by atoms with Crippen molar-refractivity contribution in [1.29, 1.82) is 5.26 Å². The lowest BCUT2D eigenvalue weighted by Crippen LogP contribution is -2.41. The molecule has 1 aromatic rings. The lowest BCUT2D eigenvalue weighted by Gasteiger charge is -2.20. The largest absolute Gasteiger partial charge is 0.486 e. The number of hydrogen-bond acceptors (Lipinski definition) is 2. The van der Waals surface area contributed by atoms with E-state index in [0.717, 1.165) is 6.07 Å². The first-order valence-electron chi connectivity index (χ1n) is 4.44. The average molecular weight is 330 g/mol. The summed E-state index contributed by atoms with van der Waals surface area (Å²) in [6.07, 6.45) is -5.66. The van der Waals surface area contributed by atoms with Crippen molar-refractivity contribution in [2.24, 2.45) is 0 Å². The van der Waals surface area contributed by atoms with Gasteiger partial charge in [0.1, 0.15) is 5.75 Å². The van der Waals surface area contributed by atoms with Crippen LogP contribution >= 0.6 is 15.9 Å². The Hall–Kier alpha value is -1.36. The Labute approximate surface area is 107 Å². The molecule has 0 N–H and O–H groups in total. The molecule has 0 aliphatic heterocycles. The third kappa shape index (κ3) is 3.32. The molecule has 0 bridgehead atoms. The standard InChI is InChI=1S/C10H5BrF5NO/c11-7-3-6(4-17)1-2-8(7)18-5-9(12,13)10(14,15)16/h1-3H,5H2. The van der Waals surface area contributed by atoms with E-state index in [4.69, 9.17) is 5.26 Å². The summed E-state index contributed by atoms with van der Waals surface area (Å²) in [6.45, 7) is -1.82. The summed E-state index contributed by atoms with van der Waals surface area (Å²) in [4.78, 5) is 0. The van der Waals surface area contributed by atoms with Gasteiger partial charge in [-0.2, -0.15) is 27.2 Å². The van der Waals surface area contributed by atoms with Crippen molar-refractivity contribution in [3.8, 4) is 11.8 Å². The molecule has 0 radical (unpaired) electrons. The summed E-state index contributed by atoms with van der Waals surface area (Å²) in [5.74, 6) is -5.13. The van der Waals surface area contributed by atoms with E-state index in [1.54, 1.807) is 6.07 Å². The van der Waals surface area contributed by atoms with Gasteiger partial charge in [-0.1, -0.05) is 0 Å². The van der Waals surface area contributed by atoms with E-state index in [-0.39, 0.29) is 15.8 Å². The van der Waals surface area contributed by atoms with Crippen LogP contribution in [0.4, 0.5) is 22.0 Å². The maximum absolute atomic E-state index is 12.6. The molecule has 0 atom stereocenters. The van der Waals surface area contributed by atoms with Gasteiger partial charge < -0.3 is 4.74 Å². The Morgan fingerprint density at radius 2 is 1.83 bits per heavy atom. The van der Waals surface area contributed by atoms with Crippen LogP contribution in [0.3, 0.4) is 0 Å². The number of alkyl halides is 5. The van der Waals surface area contributed by atoms with Crippen LogP contribution in [-0.4, -0.2) is 18.7 Å². The van der Waals surface area contributed by atoms with Crippen molar-refractivity contribution in [3.05, 3.63) is 28.2 Å². The minimum absolute atomic E-state index is 0.125. The SMILES string of the molecule is N#Cc1ccc(OCC(F)(F)C(F)(F)F)c(Br)c1. The molecule has 98 valence electrons. The molecule has 1 aromatic carbocycles. The first-order chi connectivity index (χ1) is 8.17. The Balaban J connectivity index is 2.79. The molecule has 0 saturated heterocycles. The monoisotopic (exact) mass is 329 g/mol. The molecule has 0 unspecified atom stereocenters. The number of nitriles is 1. The van der Waals surface area contributed by atoms with Crippen LogP contribution in [-0.2, 0) is 0 Å². The summed E-state index contributed by atoms with van der Waals surface area (Å²) >= 11 is 2.90. The van der Waals surface area contributed by atoms with Crippen LogP contribution in [0.1, 0.15) is 5.56 Å². The van der Waals surface area contributed by atoms with Crippen molar-refractivity contribution in [2.75, 3.05) is 6.61 Å². The molecule has 1 rings (SSSR count). The van der Waals surface area contributed by atoms with Gasteiger partial charge in [0, 0.05) is 0 Å². The Morgan fingerprint density at radius 3 is 2.28 bits per heavy atom. The van der Waals surface area contributed by atoms with Crippen molar-refractivity contribution in [1.82, 2.24) is 0 Å². The Kier molecular flexibility index (Phi) is 4.16. The van der Waals surface area contributed by atoms with Gasteiger partial charge in [0.25, 0.3) is 0 Å². The number of nitrogens with zero attached hydrogens (tertiary/aromatic N) is 1. The van der Waals surface area contributed by atoms with Gasteiger partial charge >= 0.3 is 12.1 Å². The summed E-state index contributed by atoms with van der Waals surface area (Å²) in [5, 5.41) is 8.54. The smallest absolute Gasteiger partial charge is 0.456 e. The number of benzene rings is 1. The van der Waals surface area contributed by atoms with E-state index in [1.165, 1.54) is 12.1 Å². The summed E-state index contributed by atoms with van der Waals surface area (Å²) in [7, 11) is 0. The normalized spacial score (nSPS) is 12.1. The van der Waals surface area contributed by atoms with E-state index in [1.807, 2.05) is 0 Å². The molecule has 0 amide bonds. The quantitative estimate of drug-likeness (QED) is 0.788. The van der Waals surface area contributed by atoms with E-state index < -0.39 is 18.7 Å². The maximum Gasteiger partial charge on any atom is 0.456 e. The summed E-state index contributed by atoms with van der Waals surface area (Å²) in [6, 6.07) is 5.40. The average Bonchev–Trinajstić information content (AvgIpc) is 2.25. The third-order valence-corrected chi connectivity index (χ3v) is 2.50. The molecule has 0 spiro atoms. The topological polar surface area (TPSA) is 33.0 Å². The molecule has 2 nitrogen and oxygen atoms in total. The predicted molar refractivity (Wildman–Crippen MR) is 55.4 cm³/mol. The van der Waals surface area contributed by atoms with Crippen molar-refractivity contribution >= 4 is 15.9 Å². The second-order valence-corrected chi connectivity index (χ2v) is 4.10. The highest BCUT2D eigenvalue weighted by Crippen LogP contribution is 2.36. The molecule has 0 heterocycles. The number of rotatable bonds is 3. The first kappa shape index (κ1) is 14.7. The van der Waals surface area contributed by atoms with E-state index >= 15 is 0 Å². The fraction of sp³-hybridized carbons (Fsp3) is 0.300. The highest BCUT2D eigenvalue weighted by molar-refractivity contribution is 9.10. The lowest BCUT2D eigenvalue weighted by atomic mass is 10.2. The van der Waals surface area contributed by atoms with Crippen LogP contribution in [0.15, 0.2) is 22.7 Å². The molecule has 0 saturated carbocycles. The molecular formula is C10H5BrF5NO. The van der Waals surface area contributed by atoms with Gasteiger partial charge in [0.15, 0.2) is 6.61 Å². The van der Waals surface area contributed by atoms with Gasteiger partial charge in [0.2, 0.25) is 0 Å². The van der Waals surface area contributed by atoms with Crippen LogP contribution in [0.5, 0.6) is 5.75 Å². The highest BCUT2D eigenvalue weighted by Gasteiger charge is 2.58. The summed E-state index contributed by atoms with van der Waals surface area (Å²) < 4.78 is 65.3. The minimum atomic E-state index is -5.66. The van der Waals surface area contributed by atoms with Gasteiger partial charge in [-0.25, -0.2) is 0 Å². The zero-order valence-corrected chi connectivity index (χ0v) is 10.1. The van der Waals surface area contributed by atoms with Gasteiger partial charge in [-0.05, 0) is 34.1 Å². The second kappa shape index (κ2) is 5.10. The summed E-state index contributed by atoms with van der Waals surface area (Å²) in [5.41, 5.74) is 0.219. The second-order valence-electron chi connectivity index (χ2n) is 3.25.